The molecule has 4 rings (SSSR count). The lowest BCUT2D eigenvalue weighted by Gasteiger charge is -2.14. The number of nitrogens with zero attached hydrogens (tertiary/aromatic N) is 2. The van der Waals surface area contributed by atoms with E-state index in [-0.39, 0.29) is 27.3 Å². The third-order valence-electron chi connectivity index (χ3n) is 5.28. The van der Waals surface area contributed by atoms with Gasteiger partial charge in [-0.2, -0.15) is 0 Å². The van der Waals surface area contributed by atoms with Gasteiger partial charge in [0.15, 0.2) is 0 Å². The van der Waals surface area contributed by atoms with Crippen molar-refractivity contribution in [2.75, 3.05) is 26.1 Å². The first-order chi connectivity index (χ1) is 16.3. The topological polar surface area (TPSA) is 109 Å². The number of rotatable bonds is 7. The maximum absolute atomic E-state index is 13.4. The van der Waals surface area contributed by atoms with Gasteiger partial charge in [0, 0.05) is 11.8 Å². The number of fused-ring (bicyclic) bond motifs is 1. The van der Waals surface area contributed by atoms with Crippen LogP contribution in [0.15, 0.2) is 70.4 Å². The fraction of sp³-hybridized carbons (Fsp3) is 0.167. The molecule has 1 N–H and O–H groups in total. The lowest BCUT2D eigenvalue weighted by Crippen LogP contribution is -2.22. The molecule has 0 amide bonds. The predicted octanol–water partition coefficient (Wildman–Crippen LogP) is 3.52. The lowest BCUT2D eigenvalue weighted by atomic mass is 10.2. The first-order valence-electron chi connectivity index (χ1n) is 10.2. The van der Waals surface area contributed by atoms with Gasteiger partial charge in [-0.25, -0.2) is 13.4 Å². The number of hydrogen-bond donors (Lipinski definition) is 1. The van der Waals surface area contributed by atoms with Gasteiger partial charge in [-0.3, -0.25) is 14.1 Å². The molecule has 10 heteroatoms. The molecular formula is C24H23N3O6S. The zero-order valence-electron chi connectivity index (χ0n) is 19.0. The molecule has 0 aliphatic heterocycles. The average Bonchev–Trinajstić information content (AvgIpc) is 2.84. The minimum absolute atomic E-state index is 0.0906. The van der Waals surface area contributed by atoms with E-state index in [0.29, 0.717) is 28.5 Å². The predicted molar refractivity (Wildman–Crippen MR) is 129 cm³/mol. The van der Waals surface area contributed by atoms with Crippen molar-refractivity contribution in [2.24, 2.45) is 0 Å². The van der Waals surface area contributed by atoms with Crippen LogP contribution in [0, 0.1) is 6.92 Å². The van der Waals surface area contributed by atoms with Crippen molar-refractivity contribution in [3.63, 3.8) is 0 Å². The van der Waals surface area contributed by atoms with Crippen LogP contribution in [-0.2, 0) is 10.0 Å². The summed E-state index contributed by atoms with van der Waals surface area (Å²) in [7, 11) is 0.340. The summed E-state index contributed by atoms with van der Waals surface area (Å²) < 4.78 is 45.7. The third-order valence-corrected chi connectivity index (χ3v) is 6.68. The number of ether oxygens (including phenoxy) is 3. The van der Waals surface area contributed by atoms with E-state index < -0.39 is 10.0 Å². The summed E-state index contributed by atoms with van der Waals surface area (Å²) in [6, 6.07) is 16.1. The van der Waals surface area contributed by atoms with Crippen molar-refractivity contribution in [3.8, 4) is 22.9 Å². The first kappa shape index (κ1) is 23.1. The summed E-state index contributed by atoms with van der Waals surface area (Å²) in [5.41, 5.74) is 0.952. The normalized spacial score (nSPS) is 11.3. The van der Waals surface area contributed by atoms with Crippen LogP contribution in [0.2, 0.25) is 0 Å². The molecule has 1 heterocycles. The smallest absolute Gasteiger partial charge is 0.266 e. The molecule has 0 unspecified atom stereocenters. The van der Waals surface area contributed by atoms with Crippen molar-refractivity contribution in [1.82, 2.24) is 9.55 Å². The number of hydrogen-bond acceptors (Lipinski definition) is 7. The van der Waals surface area contributed by atoms with Crippen LogP contribution in [0.1, 0.15) is 5.82 Å². The molecule has 0 aliphatic rings. The largest absolute Gasteiger partial charge is 0.497 e. The van der Waals surface area contributed by atoms with E-state index in [1.807, 2.05) is 0 Å². The van der Waals surface area contributed by atoms with Crippen LogP contribution in [0.5, 0.6) is 17.2 Å². The molecule has 0 fully saturated rings. The Morgan fingerprint density at radius 3 is 2.18 bits per heavy atom. The van der Waals surface area contributed by atoms with E-state index >= 15 is 0 Å². The lowest BCUT2D eigenvalue weighted by molar-refractivity contribution is 0.392. The zero-order valence-corrected chi connectivity index (χ0v) is 19.8. The number of sulfonamides is 1. The number of aromatic nitrogens is 2. The fourth-order valence-electron chi connectivity index (χ4n) is 3.60. The molecule has 0 radical (unpaired) electrons. The second kappa shape index (κ2) is 9.06. The van der Waals surface area contributed by atoms with E-state index in [2.05, 4.69) is 9.71 Å². The number of benzene rings is 3. The quantitative estimate of drug-likeness (QED) is 0.430. The fourth-order valence-corrected chi connectivity index (χ4v) is 4.83. The van der Waals surface area contributed by atoms with E-state index in [1.54, 1.807) is 56.5 Å². The highest BCUT2D eigenvalue weighted by Gasteiger charge is 2.21. The van der Waals surface area contributed by atoms with E-state index in [0.717, 1.165) is 0 Å². The minimum atomic E-state index is -4.05. The Labute approximate surface area is 196 Å². The summed E-state index contributed by atoms with van der Waals surface area (Å²) in [5, 5.41) is 0.263. The van der Waals surface area contributed by atoms with Crippen LogP contribution in [0.25, 0.3) is 16.6 Å². The third kappa shape index (κ3) is 4.27. The highest BCUT2D eigenvalue weighted by Crippen LogP contribution is 2.30. The Morgan fingerprint density at radius 1 is 0.853 bits per heavy atom. The summed E-state index contributed by atoms with van der Waals surface area (Å²) in [5.74, 6) is 1.68. The highest BCUT2D eigenvalue weighted by atomic mass is 32.2. The molecule has 0 bridgehead atoms. The Kier molecular flexibility index (Phi) is 6.16. The number of aryl methyl sites for hydroxylation is 1. The standard InChI is InChI=1S/C24H23N3O6S/c1-15-25-21-11-5-16(26-34(29,30)23-14-19(32-3)10-12-22(23)33-4)13-20(21)24(28)27(15)17-6-8-18(31-2)9-7-17/h5-14,26H,1-4H3. The Balaban J connectivity index is 1.79. The van der Waals surface area contributed by atoms with Crippen LogP contribution in [0.4, 0.5) is 5.69 Å². The number of anilines is 1. The van der Waals surface area contributed by atoms with Gasteiger partial charge < -0.3 is 14.2 Å². The van der Waals surface area contributed by atoms with Crippen LogP contribution >= 0.6 is 0 Å². The van der Waals surface area contributed by atoms with Gasteiger partial charge in [0.1, 0.15) is 28.0 Å². The minimum Gasteiger partial charge on any atom is -0.497 e. The molecule has 0 saturated carbocycles. The van der Waals surface area contributed by atoms with Crippen molar-refractivity contribution in [1.29, 1.82) is 0 Å². The van der Waals surface area contributed by atoms with Gasteiger partial charge in [0.25, 0.3) is 15.6 Å². The highest BCUT2D eigenvalue weighted by molar-refractivity contribution is 7.92. The van der Waals surface area contributed by atoms with E-state index in [1.165, 1.54) is 37.0 Å². The Morgan fingerprint density at radius 2 is 1.53 bits per heavy atom. The van der Waals surface area contributed by atoms with Crippen LogP contribution < -0.4 is 24.5 Å². The summed E-state index contributed by atoms with van der Waals surface area (Å²) in [4.78, 5) is 17.8. The molecule has 0 aliphatic carbocycles. The molecule has 1 aromatic heterocycles. The monoisotopic (exact) mass is 481 g/mol. The van der Waals surface area contributed by atoms with Gasteiger partial charge in [-0.1, -0.05) is 0 Å². The van der Waals surface area contributed by atoms with E-state index in [4.69, 9.17) is 14.2 Å². The van der Waals surface area contributed by atoms with Gasteiger partial charge in [0.05, 0.1) is 37.9 Å². The van der Waals surface area contributed by atoms with Crippen molar-refractivity contribution >= 4 is 26.6 Å². The number of methoxy groups -OCH3 is 3. The van der Waals surface area contributed by atoms with Crippen molar-refractivity contribution in [2.45, 2.75) is 11.8 Å². The maximum atomic E-state index is 13.4. The van der Waals surface area contributed by atoms with Gasteiger partial charge >= 0.3 is 0 Å². The molecule has 176 valence electrons. The maximum Gasteiger partial charge on any atom is 0.266 e. The molecule has 9 nitrogen and oxygen atoms in total. The molecule has 4 aromatic rings. The van der Waals surface area contributed by atoms with Gasteiger partial charge in [-0.05, 0) is 61.5 Å². The Bertz CT molecular complexity index is 1530. The zero-order chi connectivity index (χ0) is 24.5. The second-order valence-electron chi connectivity index (χ2n) is 7.35. The second-order valence-corrected chi connectivity index (χ2v) is 9.00. The van der Waals surface area contributed by atoms with Gasteiger partial charge in [-0.15, -0.1) is 0 Å². The summed E-state index contributed by atoms with van der Waals surface area (Å²) in [6.45, 7) is 1.73. The van der Waals surface area contributed by atoms with Crippen molar-refractivity contribution in [3.05, 3.63) is 76.8 Å². The van der Waals surface area contributed by atoms with Crippen LogP contribution in [-0.4, -0.2) is 39.3 Å². The SMILES string of the molecule is COc1ccc(-n2c(C)nc3ccc(NS(=O)(=O)c4cc(OC)ccc4OC)cc3c2=O)cc1. The molecule has 3 aromatic carbocycles. The summed E-state index contributed by atoms with van der Waals surface area (Å²) >= 11 is 0. The summed E-state index contributed by atoms with van der Waals surface area (Å²) in [6.07, 6.45) is 0. The van der Waals surface area contributed by atoms with Crippen LogP contribution in [0.3, 0.4) is 0 Å². The first-order valence-corrected chi connectivity index (χ1v) is 11.7. The Hall–Kier alpha value is -4.05. The number of nitrogens with one attached hydrogen (secondary N) is 1. The molecular weight excluding hydrogens is 458 g/mol. The molecule has 0 spiro atoms. The van der Waals surface area contributed by atoms with Crippen molar-refractivity contribution < 1.29 is 22.6 Å². The van der Waals surface area contributed by atoms with E-state index in [9.17, 15) is 13.2 Å². The average molecular weight is 482 g/mol. The molecule has 0 atom stereocenters. The molecule has 34 heavy (non-hydrogen) atoms. The van der Waals surface area contributed by atoms with Gasteiger partial charge in [0.2, 0.25) is 0 Å². The molecule has 0 saturated heterocycles.